The van der Waals surface area contributed by atoms with Gasteiger partial charge in [0.15, 0.2) is 0 Å². The molecule has 0 unspecified atom stereocenters. The van der Waals surface area contributed by atoms with E-state index in [0.29, 0.717) is 5.96 Å². The lowest BCUT2D eigenvalue weighted by Crippen LogP contribution is -2.45. The number of nitrogens with two attached hydrogens (primary N) is 1. The number of nitrogens with zero attached hydrogens (tertiary/aromatic N) is 2. The Hall–Kier alpha value is -0.460. The topological polar surface area (TPSA) is 65.7 Å². The molecular weight excluding hydrogens is 222 g/mol. The predicted octanol–water partition coefficient (Wildman–Crippen LogP) is -0.146. The number of rotatable bonds is 5. The molecule has 1 fully saturated rings. The second kappa shape index (κ2) is 8.66. The van der Waals surface area contributed by atoms with Gasteiger partial charge in [0, 0.05) is 44.2 Å². The highest BCUT2D eigenvalue weighted by Gasteiger charge is 2.09. The Morgan fingerprint density at radius 3 is 2.81 bits per heavy atom. The van der Waals surface area contributed by atoms with Crippen molar-refractivity contribution in [1.29, 1.82) is 0 Å². The number of nitrogens with one attached hydrogen (secondary N) is 2. The van der Waals surface area contributed by atoms with E-state index < -0.39 is 0 Å². The molecule has 0 saturated carbocycles. The van der Waals surface area contributed by atoms with Crippen molar-refractivity contribution in [3.8, 4) is 0 Å². The molecule has 0 amide bonds. The Bertz CT molecular complexity index is 203. The van der Waals surface area contributed by atoms with Crippen LogP contribution in [0.4, 0.5) is 0 Å². The summed E-state index contributed by atoms with van der Waals surface area (Å²) in [7, 11) is 0. The summed E-state index contributed by atoms with van der Waals surface area (Å²) in [6.07, 6.45) is 1.04. The minimum atomic E-state index is 0.702. The van der Waals surface area contributed by atoms with Gasteiger partial charge in [-0.1, -0.05) is 6.92 Å². The Kier molecular flexibility index (Phi) is 7.37. The fraction of sp³-hybridized carbons (Fsp3) is 0.900. The lowest BCUT2D eigenvalue weighted by atomic mass is 10.4. The van der Waals surface area contributed by atoms with Gasteiger partial charge in [0.05, 0.1) is 0 Å². The predicted molar refractivity (Wildman–Crippen MR) is 71.7 cm³/mol. The summed E-state index contributed by atoms with van der Waals surface area (Å²) in [5, 5.41) is 3.22. The highest BCUT2D eigenvalue weighted by Crippen LogP contribution is 2.07. The van der Waals surface area contributed by atoms with Crippen molar-refractivity contribution in [2.45, 2.75) is 13.3 Å². The van der Waals surface area contributed by atoms with Crippen LogP contribution in [0, 0.1) is 0 Å². The fourth-order valence-corrected chi connectivity index (χ4v) is 2.51. The van der Waals surface area contributed by atoms with Crippen molar-refractivity contribution in [2.75, 3.05) is 44.2 Å². The molecule has 0 atom stereocenters. The number of aliphatic imine (C=N–C) groups is 1. The maximum Gasteiger partial charge on any atom is 0.205 e. The van der Waals surface area contributed by atoms with Crippen LogP contribution in [0.2, 0.25) is 0 Å². The molecule has 1 saturated heterocycles. The van der Waals surface area contributed by atoms with Gasteiger partial charge in [-0.2, -0.15) is 11.8 Å². The van der Waals surface area contributed by atoms with Crippen LogP contribution in [0.3, 0.4) is 0 Å². The minimum Gasteiger partial charge on any atom is -0.354 e. The van der Waals surface area contributed by atoms with Crippen LogP contribution in [0.1, 0.15) is 13.3 Å². The zero-order valence-electron chi connectivity index (χ0n) is 10.0. The number of guanidine groups is 1. The molecule has 16 heavy (non-hydrogen) atoms. The van der Waals surface area contributed by atoms with Crippen molar-refractivity contribution < 1.29 is 0 Å². The van der Waals surface area contributed by atoms with E-state index in [1.54, 1.807) is 0 Å². The van der Waals surface area contributed by atoms with E-state index in [9.17, 15) is 0 Å². The van der Waals surface area contributed by atoms with Gasteiger partial charge in [-0.3, -0.25) is 15.3 Å². The Morgan fingerprint density at radius 1 is 1.44 bits per heavy atom. The molecule has 0 aromatic carbocycles. The van der Waals surface area contributed by atoms with E-state index in [1.165, 1.54) is 24.6 Å². The third-order valence-electron chi connectivity index (χ3n) is 2.45. The van der Waals surface area contributed by atoms with Gasteiger partial charge in [0.1, 0.15) is 0 Å². The number of hydrogen-bond donors (Lipinski definition) is 3. The van der Waals surface area contributed by atoms with Crippen molar-refractivity contribution in [3.05, 3.63) is 0 Å². The van der Waals surface area contributed by atoms with Gasteiger partial charge in [0.2, 0.25) is 5.96 Å². The van der Waals surface area contributed by atoms with Crippen LogP contribution in [-0.2, 0) is 0 Å². The smallest absolute Gasteiger partial charge is 0.205 e. The molecular formula is C10H23N5S. The molecule has 0 spiro atoms. The first-order valence-electron chi connectivity index (χ1n) is 5.92. The van der Waals surface area contributed by atoms with Crippen molar-refractivity contribution in [3.63, 3.8) is 0 Å². The van der Waals surface area contributed by atoms with Crippen LogP contribution >= 0.6 is 11.8 Å². The number of hydrogen-bond acceptors (Lipinski definition) is 4. The van der Waals surface area contributed by atoms with Crippen molar-refractivity contribution >= 4 is 17.7 Å². The van der Waals surface area contributed by atoms with Crippen molar-refractivity contribution in [2.24, 2.45) is 10.8 Å². The molecule has 1 heterocycles. The average Bonchev–Trinajstić information content (AvgIpc) is 2.35. The monoisotopic (exact) mass is 245 g/mol. The third-order valence-corrected chi connectivity index (χ3v) is 3.40. The molecule has 1 rings (SSSR count). The van der Waals surface area contributed by atoms with Crippen LogP contribution < -0.4 is 16.6 Å². The second-order valence-electron chi connectivity index (χ2n) is 3.76. The molecule has 94 valence electrons. The molecule has 0 bridgehead atoms. The summed E-state index contributed by atoms with van der Waals surface area (Å²) < 4.78 is 0. The Morgan fingerprint density at radius 2 is 2.19 bits per heavy atom. The average molecular weight is 245 g/mol. The molecule has 0 aromatic heterocycles. The lowest BCUT2D eigenvalue weighted by molar-refractivity contribution is 0.307. The summed E-state index contributed by atoms with van der Waals surface area (Å²) in [5.41, 5.74) is 2.59. The summed E-state index contributed by atoms with van der Waals surface area (Å²) in [5.74, 6) is 8.59. The van der Waals surface area contributed by atoms with Gasteiger partial charge in [-0.25, -0.2) is 5.84 Å². The Balaban J connectivity index is 2.12. The molecule has 6 heteroatoms. The van der Waals surface area contributed by atoms with E-state index in [0.717, 1.165) is 26.1 Å². The molecule has 1 aliphatic rings. The van der Waals surface area contributed by atoms with E-state index >= 15 is 0 Å². The van der Waals surface area contributed by atoms with Crippen LogP contribution in [0.5, 0.6) is 0 Å². The van der Waals surface area contributed by atoms with E-state index in [4.69, 9.17) is 5.84 Å². The minimum absolute atomic E-state index is 0.702. The fourth-order valence-electron chi connectivity index (χ4n) is 1.53. The van der Waals surface area contributed by atoms with E-state index in [1.807, 2.05) is 11.8 Å². The molecule has 4 N–H and O–H groups in total. The Labute approximate surface area is 102 Å². The molecule has 0 aliphatic carbocycles. The standard InChI is InChI=1S/C10H23N5S/c1-2-3-12-10(14-11)13-4-5-15-6-8-16-9-7-15/h2-9,11H2,1H3,(H2,12,13,14). The first-order valence-corrected chi connectivity index (χ1v) is 7.07. The van der Waals surface area contributed by atoms with Crippen molar-refractivity contribution in [1.82, 2.24) is 15.6 Å². The lowest BCUT2D eigenvalue weighted by Gasteiger charge is -2.26. The first kappa shape index (κ1) is 13.6. The maximum absolute atomic E-state index is 5.37. The highest BCUT2D eigenvalue weighted by molar-refractivity contribution is 7.99. The van der Waals surface area contributed by atoms with E-state index in [-0.39, 0.29) is 0 Å². The quantitative estimate of drug-likeness (QED) is 0.272. The largest absolute Gasteiger partial charge is 0.354 e. The van der Waals surface area contributed by atoms with Gasteiger partial charge in [-0.05, 0) is 6.42 Å². The van der Waals surface area contributed by atoms with Gasteiger partial charge in [-0.15, -0.1) is 0 Å². The zero-order valence-corrected chi connectivity index (χ0v) is 10.9. The molecule has 5 nitrogen and oxygen atoms in total. The zero-order chi connectivity index (χ0) is 11.6. The first-order chi connectivity index (χ1) is 7.86. The summed E-state index contributed by atoms with van der Waals surface area (Å²) in [6.45, 7) is 7.27. The SMILES string of the molecule is CCCN=C(NN)NCCN1CCSCC1. The summed E-state index contributed by atoms with van der Waals surface area (Å²) in [4.78, 5) is 6.76. The van der Waals surface area contributed by atoms with Gasteiger partial charge in [0.25, 0.3) is 0 Å². The third kappa shape index (κ3) is 5.58. The second-order valence-corrected chi connectivity index (χ2v) is 4.98. The molecule has 0 aromatic rings. The van der Waals surface area contributed by atoms with Crippen LogP contribution in [0.15, 0.2) is 4.99 Å². The van der Waals surface area contributed by atoms with E-state index in [2.05, 4.69) is 27.6 Å². The summed E-state index contributed by atoms with van der Waals surface area (Å²) >= 11 is 2.04. The van der Waals surface area contributed by atoms with Crippen LogP contribution in [-0.4, -0.2) is 55.1 Å². The summed E-state index contributed by atoms with van der Waals surface area (Å²) in [6, 6.07) is 0. The maximum atomic E-state index is 5.37. The van der Waals surface area contributed by atoms with Crippen LogP contribution in [0.25, 0.3) is 0 Å². The molecule has 1 aliphatic heterocycles. The highest BCUT2D eigenvalue weighted by atomic mass is 32.2. The number of thioether (sulfide) groups is 1. The number of hydrazine groups is 1. The van der Waals surface area contributed by atoms with Gasteiger partial charge >= 0.3 is 0 Å². The molecule has 0 radical (unpaired) electrons. The normalized spacial score (nSPS) is 18.5. The van der Waals surface area contributed by atoms with Gasteiger partial charge < -0.3 is 5.32 Å².